The molecule has 5 nitrogen and oxygen atoms in total. The molecule has 28 heavy (non-hydrogen) atoms. The van der Waals surface area contributed by atoms with Crippen LogP contribution < -0.4 is 5.32 Å². The van der Waals surface area contributed by atoms with Gasteiger partial charge in [0.15, 0.2) is 15.8 Å². The van der Waals surface area contributed by atoms with Crippen molar-refractivity contribution in [1.29, 1.82) is 0 Å². The van der Waals surface area contributed by atoms with Gasteiger partial charge >= 0.3 is 0 Å². The zero-order valence-corrected chi connectivity index (χ0v) is 20.3. The van der Waals surface area contributed by atoms with Crippen molar-refractivity contribution in [3.63, 3.8) is 0 Å². The number of likely N-dealkylation sites (tertiary alicyclic amines) is 1. The molecular weight excluding hydrogens is 485 g/mol. The van der Waals surface area contributed by atoms with Gasteiger partial charge in [-0.1, -0.05) is 38.5 Å². The van der Waals surface area contributed by atoms with E-state index in [0.29, 0.717) is 29.5 Å². The molecule has 4 aliphatic rings. The van der Waals surface area contributed by atoms with Gasteiger partial charge in [-0.25, -0.2) is 8.42 Å². The first-order valence-corrected chi connectivity index (χ1v) is 13.1. The second-order valence-corrected chi connectivity index (χ2v) is 11.9. The van der Waals surface area contributed by atoms with E-state index in [2.05, 4.69) is 10.2 Å². The zero-order valence-electron chi connectivity index (χ0n) is 17.2. The van der Waals surface area contributed by atoms with Crippen molar-refractivity contribution in [2.24, 2.45) is 16.3 Å². The van der Waals surface area contributed by atoms with Gasteiger partial charge in [0, 0.05) is 25.7 Å². The standard InChI is InChI=1S/C21H37N3O2S.HI/c25-27(26)14-9-18(16-27)15-22-20(23-19-7-3-1-4-8-19)24-13-12-21(17-24)10-5-2-6-11-21;/h18-19H,1-17H2,(H,22,23);1H. The Morgan fingerprint density at radius 2 is 1.71 bits per heavy atom. The maximum atomic E-state index is 11.8. The number of halogens is 1. The molecule has 0 aromatic rings. The molecule has 1 spiro atoms. The van der Waals surface area contributed by atoms with Gasteiger partial charge in [0.1, 0.15) is 0 Å². The average Bonchev–Trinajstić information content (AvgIpc) is 3.23. The highest BCUT2D eigenvalue weighted by atomic mass is 127. The Morgan fingerprint density at radius 1 is 1.00 bits per heavy atom. The summed E-state index contributed by atoms with van der Waals surface area (Å²) in [7, 11) is -2.82. The summed E-state index contributed by atoms with van der Waals surface area (Å²) < 4.78 is 23.6. The number of hydrogen-bond donors (Lipinski definition) is 1. The minimum absolute atomic E-state index is 0. The fraction of sp³-hybridized carbons (Fsp3) is 0.952. The first kappa shape index (κ1) is 22.6. The molecule has 4 rings (SSSR count). The number of guanidine groups is 1. The van der Waals surface area contributed by atoms with E-state index in [1.54, 1.807) is 0 Å². The van der Waals surface area contributed by atoms with Crippen LogP contribution >= 0.6 is 24.0 Å². The van der Waals surface area contributed by atoms with Crippen molar-refractivity contribution in [3.8, 4) is 0 Å². The van der Waals surface area contributed by atoms with E-state index in [9.17, 15) is 8.42 Å². The first-order chi connectivity index (χ1) is 13.0. The molecule has 0 aromatic carbocycles. The van der Waals surface area contributed by atoms with Crippen molar-refractivity contribution in [3.05, 3.63) is 0 Å². The third-order valence-electron chi connectivity index (χ3n) is 7.42. The largest absolute Gasteiger partial charge is 0.354 e. The molecule has 7 heteroatoms. The van der Waals surface area contributed by atoms with Gasteiger partial charge in [0.2, 0.25) is 0 Å². The van der Waals surface area contributed by atoms with E-state index in [-0.39, 0.29) is 29.9 Å². The topological polar surface area (TPSA) is 61.8 Å². The Kier molecular flexibility index (Phi) is 7.95. The molecule has 1 unspecified atom stereocenters. The van der Waals surface area contributed by atoms with E-state index in [4.69, 9.17) is 4.99 Å². The van der Waals surface area contributed by atoms with E-state index < -0.39 is 9.84 Å². The smallest absolute Gasteiger partial charge is 0.194 e. The van der Waals surface area contributed by atoms with E-state index >= 15 is 0 Å². The molecule has 2 aliphatic heterocycles. The van der Waals surface area contributed by atoms with Crippen LogP contribution in [0.4, 0.5) is 0 Å². The molecule has 2 heterocycles. The minimum Gasteiger partial charge on any atom is -0.354 e. The molecule has 2 saturated heterocycles. The molecule has 0 bridgehead atoms. The third kappa shape index (κ3) is 5.76. The zero-order chi connectivity index (χ0) is 18.7. The van der Waals surface area contributed by atoms with Crippen LogP contribution in [-0.2, 0) is 9.84 Å². The van der Waals surface area contributed by atoms with Crippen LogP contribution in [0.15, 0.2) is 4.99 Å². The second-order valence-electron chi connectivity index (χ2n) is 9.64. The summed E-state index contributed by atoms with van der Waals surface area (Å²) in [4.78, 5) is 7.50. The molecule has 2 saturated carbocycles. The van der Waals surface area contributed by atoms with Crippen LogP contribution in [0.1, 0.15) is 77.0 Å². The van der Waals surface area contributed by atoms with E-state index in [0.717, 1.165) is 25.5 Å². The number of rotatable bonds is 3. The lowest BCUT2D eigenvalue weighted by atomic mass is 9.73. The van der Waals surface area contributed by atoms with Crippen LogP contribution in [-0.4, -0.2) is 56.5 Å². The first-order valence-electron chi connectivity index (χ1n) is 11.3. The molecule has 1 N–H and O–H groups in total. The van der Waals surface area contributed by atoms with Crippen LogP contribution in [0, 0.1) is 11.3 Å². The highest BCUT2D eigenvalue weighted by Crippen LogP contribution is 2.43. The van der Waals surface area contributed by atoms with Crippen molar-refractivity contribution < 1.29 is 8.42 Å². The van der Waals surface area contributed by atoms with Crippen LogP contribution in [0.5, 0.6) is 0 Å². The summed E-state index contributed by atoms with van der Waals surface area (Å²) in [5, 5.41) is 3.79. The van der Waals surface area contributed by atoms with E-state index in [1.807, 2.05) is 0 Å². The van der Waals surface area contributed by atoms with Gasteiger partial charge in [-0.05, 0) is 49.9 Å². The molecule has 0 amide bonds. The van der Waals surface area contributed by atoms with E-state index in [1.165, 1.54) is 70.6 Å². The normalized spacial score (nSPS) is 30.4. The molecule has 162 valence electrons. The fourth-order valence-electron chi connectivity index (χ4n) is 5.72. The molecule has 0 aromatic heterocycles. The van der Waals surface area contributed by atoms with Gasteiger partial charge in [-0.3, -0.25) is 4.99 Å². The summed E-state index contributed by atoms with van der Waals surface area (Å²) in [5.41, 5.74) is 0.518. The lowest BCUT2D eigenvalue weighted by molar-refractivity contribution is 0.202. The number of hydrogen-bond acceptors (Lipinski definition) is 3. The maximum absolute atomic E-state index is 11.8. The van der Waals surface area contributed by atoms with Gasteiger partial charge in [-0.15, -0.1) is 24.0 Å². The highest BCUT2D eigenvalue weighted by molar-refractivity contribution is 14.0. The maximum Gasteiger partial charge on any atom is 0.194 e. The molecule has 1 atom stereocenters. The van der Waals surface area contributed by atoms with Crippen molar-refractivity contribution in [2.75, 3.05) is 31.1 Å². The number of aliphatic imine (C=N–C) groups is 1. The fourth-order valence-corrected chi connectivity index (χ4v) is 7.57. The predicted molar refractivity (Wildman–Crippen MR) is 126 cm³/mol. The average molecular weight is 524 g/mol. The number of nitrogens with zero attached hydrogens (tertiary/aromatic N) is 2. The predicted octanol–water partition coefficient (Wildman–Crippen LogP) is 3.97. The number of nitrogens with one attached hydrogen (secondary N) is 1. The lowest BCUT2D eigenvalue weighted by Crippen LogP contribution is -2.47. The van der Waals surface area contributed by atoms with Crippen molar-refractivity contribution in [2.45, 2.75) is 83.1 Å². The second kappa shape index (κ2) is 9.84. The SMILES string of the molecule is I.O=S1(=O)CCC(CN=C(NC2CCCCC2)N2CCC3(CCCCC3)C2)C1. The summed E-state index contributed by atoms with van der Waals surface area (Å²) in [6, 6.07) is 0.549. The Hall–Kier alpha value is -0.0500. The van der Waals surface area contributed by atoms with Gasteiger partial charge in [0.25, 0.3) is 0 Å². The summed E-state index contributed by atoms with van der Waals surface area (Å²) >= 11 is 0. The monoisotopic (exact) mass is 523 g/mol. The molecular formula is C21H38IN3O2S. The Labute approximate surface area is 188 Å². The Balaban J connectivity index is 0.00000225. The van der Waals surface area contributed by atoms with Gasteiger partial charge in [-0.2, -0.15) is 0 Å². The summed E-state index contributed by atoms with van der Waals surface area (Å²) in [6.45, 7) is 2.92. The molecule has 4 fully saturated rings. The molecule has 2 aliphatic carbocycles. The van der Waals surface area contributed by atoms with Gasteiger partial charge < -0.3 is 10.2 Å². The highest BCUT2D eigenvalue weighted by Gasteiger charge is 2.40. The van der Waals surface area contributed by atoms with Gasteiger partial charge in [0.05, 0.1) is 11.5 Å². The van der Waals surface area contributed by atoms with Crippen LogP contribution in [0.2, 0.25) is 0 Å². The Bertz CT molecular complexity index is 640. The summed E-state index contributed by atoms with van der Waals surface area (Å²) in [5.74, 6) is 1.97. The van der Waals surface area contributed by atoms with Crippen molar-refractivity contribution in [1.82, 2.24) is 10.2 Å². The van der Waals surface area contributed by atoms with Crippen molar-refractivity contribution >= 4 is 39.8 Å². The van der Waals surface area contributed by atoms with Crippen LogP contribution in [0.3, 0.4) is 0 Å². The number of sulfone groups is 1. The third-order valence-corrected chi connectivity index (χ3v) is 9.25. The Morgan fingerprint density at radius 3 is 2.39 bits per heavy atom. The lowest BCUT2D eigenvalue weighted by Gasteiger charge is -2.34. The molecule has 0 radical (unpaired) electrons. The summed E-state index contributed by atoms with van der Waals surface area (Å²) in [6.07, 6.45) is 15.5. The van der Waals surface area contributed by atoms with Crippen LogP contribution in [0.25, 0.3) is 0 Å². The minimum atomic E-state index is -2.82. The quantitative estimate of drug-likeness (QED) is 0.346.